The normalized spacial score (nSPS) is 10.0. The molecule has 1 aromatic carbocycles. The van der Waals surface area contributed by atoms with Gasteiger partial charge in [-0.05, 0) is 18.2 Å². The average Bonchev–Trinajstić information content (AvgIpc) is 2.54. The van der Waals surface area contributed by atoms with E-state index >= 15 is 0 Å². The van der Waals surface area contributed by atoms with Gasteiger partial charge in [0.2, 0.25) is 5.91 Å². The van der Waals surface area contributed by atoms with E-state index in [4.69, 9.17) is 4.74 Å². The molecule has 0 saturated carbocycles. The third-order valence-electron chi connectivity index (χ3n) is 3.03. The van der Waals surface area contributed by atoms with Crippen LogP contribution in [0.2, 0.25) is 0 Å². The van der Waals surface area contributed by atoms with E-state index in [-0.39, 0.29) is 5.91 Å². The molecule has 2 rings (SSSR count). The molecule has 0 atom stereocenters. The highest BCUT2D eigenvalue weighted by atomic mass is 16.5. The highest BCUT2D eigenvalue weighted by Gasteiger charge is 2.03. The van der Waals surface area contributed by atoms with Crippen LogP contribution in [0.1, 0.15) is 18.9 Å². The Labute approximate surface area is 124 Å². The summed E-state index contributed by atoms with van der Waals surface area (Å²) in [7, 11) is 1.66. The lowest BCUT2D eigenvalue weighted by atomic mass is 10.2. The second-order valence-electron chi connectivity index (χ2n) is 4.50. The van der Waals surface area contributed by atoms with Gasteiger partial charge in [0.15, 0.2) is 0 Å². The number of pyridine rings is 1. The summed E-state index contributed by atoms with van der Waals surface area (Å²) in [6, 6.07) is 11.5. The highest BCUT2D eigenvalue weighted by Crippen LogP contribution is 2.19. The van der Waals surface area contributed by atoms with E-state index in [1.165, 1.54) is 0 Å². The highest BCUT2D eigenvalue weighted by molar-refractivity contribution is 5.89. The first-order valence-electron chi connectivity index (χ1n) is 6.84. The molecule has 0 bridgehead atoms. The fourth-order valence-corrected chi connectivity index (χ4v) is 1.85. The van der Waals surface area contributed by atoms with Crippen molar-refractivity contribution in [2.45, 2.75) is 19.9 Å². The van der Waals surface area contributed by atoms with Crippen molar-refractivity contribution in [3.63, 3.8) is 0 Å². The van der Waals surface area contributed by atoms with Crippen LogP contribution in [-0.2, 0) is 11.3 Å². The fraction of sp³-hybridized carbons (Fsp3) is 0.250. The van der Waals surface area contributed by atoms with Gasteiger partial charge < -0.3 is 15.4 Å². The summed E-state index contributed by atoms with van der Waals surface area (Å²) < 4.78 is 5.31. The minimum Gasteiger partial charge on any atom is -0.496 e. The van der Waals surface area contributed by atoms with E-state index in [0.717, 1.165) is 17.0 Å². The van der Waals surface area contributed by atoms with Crippen LogP contribution in [-0.4, -0.2) is 18.0 Å². The zero-order valence-corrected chi connectivity index (χ0v) is 12.2. The standard InChI is InChI=1S/C16H19N3O2/c1-3-16(20)19-15-9-8-13(11-18-15)17-10-12-6-4-5-7-14(12)21-2/h4-9,11,17H,3,10H2,1-2H3,(H,18,19,20). The molecular weight excluding hydrogens is 266 g/mol. The van der Waals surface area contributed by atoms with Gasteiger partial charge in [0.1, 0.15) is 11.6 Å². The first kappa shape index (κ1) is 14.8. The number of benzene rings is 1. The molecule has 2 aromatic rings. The second-order valence-corrected chi connectivity index (χ2v) is 4.50. The fourth-order valence-electron chi connectivity index (χ4n) is 1.85. The zero-order valence-electron chi connectivity index (χ0n) is 12.2. The van der Waals surface area contributed by atoms with Gasteiger partial charge >= 0.3 is 0 Å². The summed E-state index contributed by atoms with van der Waals surface area (Å²) in [4.78, 5) is 15.5. The lowest BCUT2D eigenvalue weighted by molar-refractivity contribution is -0.115. The van der Waals surface area contributed by atoms with Crippen molar-refractivity contribution in [1.29, 1.82) is 0 Å². The lowest BCUT2D eigenvalue weighted by Crippen LogP contribution is -2.10. The predicted octanol–water partition coefficient (Wildman–Crippen LogP) is 3.05. The molecule has 0 radical (unpaired) electrons. The third-order valence-corrected chi connectivity index (χ3v) is 3.03. The summed E-state index contributed by atoms with van der Waals surface area (Å²) >= 11 is 0. The van der Waals surface area contributed by atoms with Gasteiger partial charge in [-0.1, -0.05) is 25.1 Å². The number of amides is 1. The maximum Gasteiger partial charge on any atom is 0.225 e. The largest absolute Gasteiger partial charge is 0.496 e. The predicted molar refractivity (Wildman–Crippen MR) is 83.5 cm³/mol. The molecule has 1 aromatic heterocycles. The van der Waals surface area contributed by atoms with Gasteiger partial charge in [0.05, 0.1) is 19.0 Å². The molecule has 5 heteroatoms. The molecule has 0 aliphatic heterocycles. The van der Waals surface area contributed by atoms with Crippen LogP contribution >= 0.6 is 0 Å². The van der Waals surface area contributed by atoms with Crippen molar-refractivity contribution in [3.8, 4) is 5.75 Å². The number of rotatable bonds is 6. The minimum absolute atomic E-state index is 0.0442. The number of nitrogens with one attached hydrogen (secondary N) is 2. The van der Waals surface area contributed by atoms with Crippen LogP contribution in [0.15, 0.2) is 42.6 Å². The van der Waals surface area contributed by atoms with Crippen LogP contribution in [0.5, 0.6) is 5.75 Å². The molecule has 5 nitrogen and oxygen atoms in total. The van der Waals surface area contributed by atoms with Crippen molar-refractivity contribution >= 4 is 17.4 Å². The number of nitrogens with zero attached hydrogens (tertiary/aromatic N) is 1. The summed E-state index contributed by atoms with van der Waals surface area (Å²) in [6.45, 7) is 2.45. The van der Waals surface area contributed by atoms with Crippen molar-refractivity contribution in [3.05, 3.63) is 48.2 Å². The third kappa shape index (κ3) is 4.21. The number of aromatic nitrogens is 1. The van der Waals surface area contributed by atoms with Crippen LogP contribution < -0.4 is 15.4 Å². The lowest BCUT2D eigenvalue weighted by Gasteiger charge is -2.10. The molecule has 2 N–H and O–H groups in total. The second kappa shape index (κ2) is 7.28. The molecule has 0 unspecified atom stereocenters. The van der Waals surface area contributed by atoms with Gasteiger partial charge in [-0.3, -0.25) is 4.79 Å². The SMILES string of the molecule is CCC(=O)Nc1ccc(NCc2ccccc2OC)cn1. The van der Waals surface area contributed by atoms with Crippen LogP contribution in [0.3, 0.4) is 0 Å². The molecule has 0 aliphatic carbocycles. The Morgan fingerprint density at radius 1 is 1.24 bits per heavy atom. The number of ether oxygens (including phenoxy) is 1. The van der Waals surface area contributed by atoms with Crippen LogP contribution in [0.25, 0.3) is 0 Å². The summed E-state index contributed by atoms with van der Waals surface area (Å²) in [5.74, 6) is 1.37. The molecular formula is C16H19N3O2. The molecule has 0 saturated heterocycles. The Hall–Kier alpha value is -2.56. The number of carbonyl (C=O) groups is 1. The van der Waals surface area contributed by atoms with Crippen LogP contribution in [0.4, 0.5) is 11.5 Å². The summed E-state index contributed by atoms with van der Waals surface area (Å²) in [5.41, 5.74) is 1.96. The molecule has 0 fully saturated rings. The minimum atomic E-state index is -0.0442. The van der Waals surface area contributed by atoms with E-state index < -0.39 is 0 Å². The van der Waals surface area contributed by atoms with Crippen molar-refractivity contribution < 1.29 is 9.53 Å². The van der Waals surface area contributed by atoms with E-state index in [0.29, 0.717) is 18.8 Å². The molecule has 1 amide bonds. The van der Waals surface area contributed by atoms with Crippen molar-refractivity contribution in [1.82, 2.24) is 4.98 Å². The Kier molecular flexibility index (Phi) is 5.15. The zero-order chi connectivity index (χ0) is 15.1. The monoisotopic (exact) mass is 285 g/mol. The molecule has 110 valence electrons. The Morgan fingerprint density at radius 2 is 2.05 bits per heavy atom. The smallest absolute Gasteiger partial charge is 0.225 e. The quantitative estimate of drug-likeness (QED) is 0.856. The Morgan fingerprint density at radius 3 is 2.71 bits per heavy atom. The summed E-state index contributed by atoms with van der Waals surface area (Å²) in [6.07, 6.45) is 2.14. The topological polar surface area (TPSA) is 63.2 Å². The average molecular weight is 285 g/mol. The van der Waals surface area contributed by atoms with Crippen molar-refractivity contribution in [2.75, 3.05) is 17.7 Å². The van der Waals surface area contributed by atoms with Gasteiger partial charge in [-0.25, -0.2) is 4.98 Å². The van der Waals surface area contributed by atoms with Gasteiger partial charge in [0.25, 0.3) is 0 Å². The molecule has 0 aliphatic rings. The van der Waals surface area contributed by atoms with Crippen molar-refractivity contribution in [2.24, 2.45) is 0 Å². The number of anilines is 2. The van der Waals surface area contributed by atoms with E-state index in [2.05, 4.69) is 15.6 Å². The van der Waals surface area contributed by atoms with E-state index in [1.54, 1.807) is 26.3 Å². The maximum atomic E-state index is 11.3. The Balaban J connectivity index is 1.96. The number of para-hydroxylation sites is 1. The number of hydrogen-bond donors (Lipinski definition) is 2. The van der Waals surface area contributed by atoms with Gasteiger partial charge in [-0.2, -0.15) is 0 Å². The summed E-state index contributed by atoms with van der Waals surface area (Å²) in [5, 5.41) is 5.99. The van der Waals surface area contributed by atoms with Gasteiger partial charge in [-0.15, -0.1) is 0 Å². The van der Waals surface area contributed by atoms with Crippen LogP contribution in [0, 0.1) is 0 Å². The first-order chi connectivity index (χ1) is 10.2. The maximum absolute atomic E-state index is 11.3. The first-order valence-corrected chi connectivity index (χ1v) is 6.84. The number of hydrogen-bond acceptors (Lipinski definition) is 4. The molecule has 1 heterocycles. The number of carbonyl (C=O) groups excluding carboxylic acids is 1. The van der Waals surface area contributed by atoms with E-state index in [9.17, 15) is 4.79 Å². The molecule has 21 heavy (non-hydrogen) atoms. The van der Waals surface area contributed by atoms with E-state index in [1.807, 2.05) is 30.3 Å². The Bertz CT molecular complexity index is 597. The number of methoxy groups -OCH3 is 1. The van der Waals surface area contributed by atoms with Gasteiger partial charge in [0, 0.05) is 18.5 Å². The molecule has 0 spiro atoms.